The molecule has 0 bridgehead atoms. The summed E-state index contributed by atoms with van der Waals surface area (Å²) in [4.78, 5) is 34.8. The van der Waals surface area contributed by atoms with Crippen molar-refractivity contribution in [2.45, 2.75) is 12.6 Å². The number of carbonyl (C=O) groups is 2. The Morgan fingerprint density at radius 2 is 1.71 bits per heavy atom. The maximum atomic E-state index is 13.3. The van der Waals surface area contributed by atoms with Crippen molar-refractivity contribution in [2.24, 2.45) is 10.2 Å². The van der Waals surface area contributed by atoms with Crippen molar-refractivity contribution in [3.05, 3.63) is 84.3 Å². The summed E-state index contributed by atoms with van der Waals surface area (Å²) in [6, 6.07) is 15.0. The molecule has 0 saturated carbocycles. The minimum absolute atomic E-state index is 0.0242. The van der Waals surface area contributed by atoms with E-state index in [9.17, 15) is 20.0 Å². The fraction of sp³-hybridized carbons (Fsp3) is 0.120. The molecule has 2 aromatic heterocycles. The fourth-order valence-corrected chi connectivity index (χ4v) is 3.33. The highest BCUT2D eigenvalue weighted by Crippen LogP contribution is 2.25. The Bertz CT molecular complexity index is 1450. The number of nitriles is 1. The molecule has 0 aliphatic rings. The third-order valence-electron chi connectivity index (χ3n) is 5.18. The highest BCUT2D eigenvalue weighted by atomic mass is 16.5. The SMILES string of the molecule is COc1ccccc1NC(=O)C(N=Nc1c(C#N)cnn1-c1ncccn1)C(=O)Nc1ccccc1CO. The van der Waals surface area contributed by atoms with Gasteiger partial charge in [0.2, 0.25) is 6.04 Å². The molecular weight excluding hydrogens is 490 g/mol. The Labute approximate surface area is 216 Å². The number of azo groups is 1. The molecule has 2 aromatic carbocycles. The van der Waals surface area contributed by atoms with Gasteiger partial charge in [0.05, 0.1) is 25.6 Å². The second kappa shape index (κ2) is 12.0. The van der Waals surface area contributed by atoms with E-state index in [0.29, 0.717) is 22.7 Å². The number of rotatable bonds is 9. The van der Waals surface area contributed by atoms with Gasteiger partial charge < -0.3 is 20.5 Å². The van der Waals surface area contributed by atoms with E-state index in [4.69, 9.17) is 4.74 Å². The molecule has 2 amide bonds. The number of ether oxygens (including phenoxy) is 1. The van der Waals surface area contributed by atoms with E-state index in [-0.39, 0.29) is 23.9 Å². The minimum atomic E-state index is -1.71. The van der Waals surface area contributed by atoms with Crippen LogP contribution in [0, 0.1) is 11.3 Å². The number of anilines is 2. The molecule has 1 unspecified atom stereocenters. The number of aliphatic hydroxyl groups is 1. The van der Waals surface area contributed by atoms with Gasteiger partial charge in [0.25, 0.3) is 17.8 Å². The molecule has 13 heteroatoms. The first kappa shape index (κ1) is 25.6. The zero-order chi connectivity index (χ0) is 26.9. The van der Waals surface area contributed by atoms with Gasteiger partial charge in [-0.25, -0.2) is 9.97 Å². The first-order valence-electron chi connectivity index (χ1n) is 11.2. The first-order valence-corrected chi connectivity index (χ1v) is 11.2. The van der Waals surface area contributed by atoms with Gasteiger partial charge in [0, 0.05) is 23.6 Å². The molecule has 190 valence electrons. The molecule has 3 N–H and O–H groups in total. The number of para-hydroxylation sites is 3. The molecule has 0 saturated heterocycles. The number of aromatic nitrogens is 4. The topological polar surface area (TPSA) is 180 Å². The Hall–Kier alpha value is -5.48. The molecular formula is C25H21N9O4. The third-order valence-corrected chi connectivity index (χ3v) is 5.18. The highest BCUT2D eigenvalue weighted by molar-refractivity contribution is 6.14. The van der Waals surface area contributed by atoms with Crippen molar-refractivity contribution < 1.29 is 19.4 Å². The minimum Gasteiger partial charge on any atom is -0.495 e. The van der Waals surface area contributed by atoms with E-state index >= 15 is 0 Å². The number of nitrogens with one attached hydrogen (secondary N) is 2. The lowest BCUT2D eigenvalue weighted by Crippen LogP contribution is -2.37. The summed E-state index contributed by atoms with van der Waals surface area (Å²) in [6.07, 6.45) is 4.20. The van der Waals surface area contributed by atoms with Crippen LogP contribution >= 0.6 is 0 Å². The summed E-state index contributed by atoms with van der Waals surface area (Å²) < 4.78 is 6.43. The fourth-order valence-electron chi connectivity index (χ4n) is 3.33. The van der Waals surface area contributed by atoms with E-state index in [2.05, 4.69) is 35.9 Å². The number of methoxy groups -OCH3 is 1. The molecule has 13 nitrogen and oxygen atoms in total. The lowest BCUT2D eigenvalue weighted by molar-refractivity contribution is -0.125. The van der Waals surface area contributed by atoms with Crippen LogP contribution in [0.5, 0.6) is 5.75 Å². The standard InChI is InChI=1S/C25H21N9O4/c1-38-20-10-5-4-9-19(20)31-24(37)21(23(36)30-18-8-3-2-7-16(18)15-35)32-33-22-17(13-26)14-29-34(22)25-27-11-6-12-28-25/h2-12,14,21,35H,15H2,1H3,(H,30,36)(H,31,37). The number of hydrogen-bond acceptors (Lipinski definition) is 10. The van der Waals surface area contributed by atoms with Gasteiger partial charge in [-0.1, -0.05) is 30.3 Å². The van der Waals surface area contributed by atoms with Gasteiger partial charge in [-0.2, -0.15) is 20.2 Å². The van der Waals surface area contributed by atoms with E-state index in [1.54, 1.807) is 54.6 Å². The maximum absolute atomic E-state index is 13.3. The van der Waals surface area contributed by atoms with Gasteiger partial charge in [-0.05, 0) is 24.3 Å². The Kier molecular flexibility index (Phi) is 8.07. The monoisotopic (exact) mass is 511 g/mol. The van der Waals surface area contributed by atoms with Crippen LogP contribution in [0.25, 0.3) is 5.95 Å². The van der Waals surface area contributed by atoms with Crippen molar-refractivity contribution in [3.63, 3.8) is 0 Å². The molecule has 4 aromatic rings. The zero-order valence-electron chi connectivity index (χ0n) is 20.0. The van der Waals surface area contributed by atoms with Gasteiger partial charge in [0.15, 0.2) is 5.82 Å². The molecule has 0 radical (unpaired) electrons. The predicted octanol–water partition coefficient (Wildman–Crippen LogP) is 2.76. The molecule has 1 atom stereocenters. The van der Waals surface area contributed by atoms with Gasteiger partial charge in [-0.3, -0.25) is 9.59 Å². The van der Waals surface area contributed by atoms with Crippen molar-refractivity contribution >= 4 is 29.0 Å². The van der Waals surface area contributed by atoms with Crippen LogP contribution in [-0.4, -0.2) is 49.8 Å². The number of benzene rings is 2. The van der Waals surface area contributed by atoms with Crippen LogP contribution in [0.15, 0.2) is 83.4 Å². The van der Waals surface area contributed by atoms with Gasteiger partial charge in [0.1, 0.15) is 17.4 Å². The molecule has 0 aliphatic carbocycles. The number of amides is 2. The summed E-state index contributed by atoms with van der Waals surface area (Å²) in [7, 11) is 1.44. The summed E-state index contributed by atoms with van der Waals surface area (Å²) >= 11 is 0. The number of nitrogens with zero attached hydrogens (tertiary/aromatic N) is 7. The summed E-state index contributed by atoms with van der Waals surface area (Å²) in [5.41, 5.74) is 1.07. The second-order valence-corrected chi connectivity index (χ2v) is 7.57. The quantitative estimate of drug-likeness (QED) is 0.227. The highest BCUT2D eigenvalue weighted by Gasteiger charge is 2.29. The van der Waals surface area contributed by atoms with Crippen LogP contribution in [0.3, 0.4) is 0 Å². The third kappa shape index (κ3) is 5.66. The largest absolute Gasteiger partial charge is 0.495 e. The van der Waals surface area contributed by atoms with E-state index in [1.807, 2.05) is 6.07 Å². The molecule has 4 rings (SSSR count). The van der Waals surface area contributed by atoms with Crippen LogP contribution in [-0.2, 0) is 16.2 Å². The van der Waals surface area contributed by atoms with E-state index < -0.39 is 17.9 Å². The van der Waals surface area contributed by atoms with Crippen molar-refractivity contribution in [3.8, 4) is 17.8 Å². The van der Waals surface area contributed by atoms with Crippen molar-refractivity contribution in [1.82, 2.24) is 19.7 Å². The lowest BCUT2D eigenvalue weighted by Gasteiger charge is -2.15. The zero-order valence-corrected chi connectivity index (χ0v) is 20.0. The van der Waals surface area contributed by atoms with Gasteiger partial charge in [-0.15, -0.1) is 5.11 Å². The second-order valence-electron chi connectivity index (χ2n) is 7.57. The van der Waals surface area contributed by atoms with Crippen LogP contribution in [0.2, 0.25) is 0 Å². The predicted molar refractivity (Wildman–Crippen MR) is 135 cm³/mol. The first-order chi connectivity index (χ1) is 18.5. The molecule has 0 fully saturated rings. The van der Waals surface area contributed by atoms with Crippen LogP contribution < -0.4 is 15.4 Å². The smallest absolute Gasteiger partial charge is 0.261 e. The van der Waals surface area contributed by atoms with E-state index in [1.165, 1.54) is 25.7 Å². The molecule has 38 heavy (non-hydrogen) atoms. The normalized spacial score (nSPS) is 11.5. The maximum Gasteiger partial charge on any atom is 0.261 e. The van der Waals surface area contributed by atoms with Crippen molar-refractivity contribution in [1.29, 1.82) is 5.26 Å². The Balaban J connectivity index is 1.71. The van der Waals surface area contributed by atoms with Crippen LogP contribution in [0.4, 0.5) is 17.2 Å². The Morgan fingerprint density at radius 3 is 2.39 bits per heavy atom. The Morgan fingerprint density at radius 1 is 1.05 bits per heavy atom. The summed E-state index contributed by atoms with van der Waals surface area (Å²) in [6.45, 7) is -0.335. The summed E-state index contributed by atoms with van der Waals surface area (Å²) in [5.74, 6) is -1.24. The lowest BCUT2D eigenvalue weighted by atomic mass is 10.1. The summed E-state index contributed by atoms with van der Waals surface area (Å²) in [5, 5.41) is 36.5. The molecule has 2 heterocycles. The molecule has 0 aliphatic heterocycles. The molecule has 0 spiro atoms. The average Bonchev–Trinajstić information content (AvgIpc) is 3.37. The average molecular weight is 512 g/mol. The number of hydrogen-bond donors (Lipinski definition) is 3. The van der Waals surface area contributed by atoms with E-state index in [0.717, 1.165) is 4.68 Å². The van der Waals surface area contributed by atoms with Gasteiger partial charge >= 0.3 is 0 Å². The number of aliphatic hydroxyl groups excluding tert-OH is 1. The van der Waals surface area contributed by atoms with Crippen LogP contribution in [0.1, 0.15) is 11.1 Å². The van der Waals surface area contributed by atoms with Crippen molar-refractivity contribution in [2.75, 3.05) is 17.7 Å². The number of carbonyl (C=O) groups excluding carboxylic acids is 2.